The van der Waals surface area contributed by atoms with Gasteiger partial charge in [0.2, 0.25) is 0 Å². The molecule has 1 aromatic heterocycles. The van der Waals surface area contributed by atoms with Gasteiger partial charge in [-0.15, -0.1) is 5.10 Å². The van der Waals surface area contributed by atoms with E-state index in [1.54, 1.807) is 40.0 Å². The summed E-state index contributed by atoms with van der Waals surface area (Å²) in [5.74, 6) is 0.192. The van der Waals surface area contributed by atoms with Crippen LogP contribution in [0.3, 0.4) is 0 Å². The molecule has 6 nitrogen and oxygen atoms in total. The summed E-state index contributed by atoms with van der Waals surface area (Å²) in [6, 6.07) is 16.2. The molecule has 7 heteroatoms. The van der Waals surface area contributed by atoms with E-state index in [4.69, 9.17) is 11.6 Å². The van der Waals surface area contributed by atoms with Gasteiger partial charge in [0, 0.05) is 30.9 Å². The lowest BCUT2D eigenvalue weighted by Gasteiger charge is -2.12. The number of aromatic nitrogens is 4. The van der Waals surface area contributed by atoms with E-state index in [9.17, 15) is 4.79 Å². The molecule has 0 saturated carbocycles. The number of Topliss-reactive ketones (excluding diaryl/α,β-unsaturated/α-hetero) is 1. The Morgan fingerprint density at radius 1 is 1.08 bits per heavy atom. The molecule has 1 heterocycles. The lowest BCUT2D eigenvalue weighted by Crippen LogP contribution is -2.13. The van der Waals surface area contributed by atoms with E-state index in [2.05, 4.69) is 15.5 Å². The van der Waals surface area contributed by atoms with Crippen LogP contribution in [0.4, 0.5) is 0 Å². The van der Waals surface area contributed by atoms with Crippen molar-refractivity contribution in [3.63, 3.8) is 0 Å². The molecule has 0 amide bonds. The molecular formula is C18H16ClN5O. The van der Waals surface area contributed by atoms with Crippen LogP contribution in [-0.2, 0) is 0 Å². The van der Waals surface area contributed by atoms with Gasteiger partial charge < -0.3 is 4.90 Å². The number of carbonyl (C=O) groups is 1. The quantitative estimate of drug-likeness (QED) is 0.521. The standard InChI is InChI=1S/C18H16ClN5O/c1-23(2)12-16(17(25)13-8-10-14(19)11-9-13)18-20-21-22-24(18)15-6-4-3-5-7-15/h3-12H,1-2H3/b16-12+. The Hall–Kier alpha value is -2.99. The first-order valence-electron chi connectivity index (χ1n) is 7.59. The van der Waals surface area contributed by atoms with Gasteiger partial charge in [-0.25, -0.2) is 0 Å². The fourth-order valence-corrected chi connectivity index (χ4v) is 2.46. The molecule has 0 N–H and O–H groups in total. The first-order valence-corrected chi connectivity index (χ1v) is 7.97. The number of benzene rings is 2. The Bertz CT molecular complexity index is 901. The third kappa shape index (κ3) is 3.75. The highest BCUT2D eigenvalue weighted by Gasteiger charge is 2.22. The van der Waals surface area contributed by atoms with E-state index < -0.39 is 0 Å². The Kier molecular flexibility index (Phi) is 4.90. The van der Waals surface area contributed by atoms with Crippen molar-refractivity contribution in [1.29, 1.82) is 0 Å². The number of halogens is 1. The summed E-state index contributed by atoms with van der Waals surface area (Å²) in [4.78, 5) is 14.8. The number of rotatable bonds is 5. The van der Waals surface area contributed by atoms with Crippen LogP contribution in [0.5, 0.6) is 0 Å². The highest BCUT2D eigenvalue weighted by Crippen LogP contribution is 2.21. The van der Waals surface area contributed by atoms with Crippen molar-refractivity contribution >= 4 is 23.0 Å². The predicted octanol–water partition coefficient (Wildman–Crippen LogP) is 3.10. The summed E-state index contributed by atoms with van der Waals surface area (Å²) in [6.07, 6.45) is 1.71. The van der Waals surface area contributed by atoms with Crippen LogP contribution in [0.1, 0.15) is 16.2 Å². The molecule has 0 fully saturated rings. The topological polar surface area (TPSA) is 63.9 Å². The van der Waals surface area contributed by atoms with E-state index in [0.717, 1.165) is 5.69 Å². The Balaban J connectivity index is 2.08. The van der Waals surface area contributed by atoms with Crippen LogP contribution < -0.4 is 0 Å². The van der Waals surface area contributed by atoms with Crippen LogP contribution in [-0.4, -0.2) is 45.0 Å². The maximum absolute atomic E-state index is 13.0. The number of nitrogens with zero attached hydrogens (tertiary/aromatic N) is 5. The molecule has 0 radical (unpaired) electrons. The van der Waals surface area contributed by atoms with Crippen LogP contribution in [0.15, 0.2) is 60.8 Å². The minimum atomic E-state index is -0.183. The first kappa shape index (κ1) is 16.9. The molecule has 0 saturated heterocycles. The molecule has 3 rings (SSSR count). The van der Waals surface area contributed by atoms with Gasteiger partial charge in [-0.1, -0.05) is 29.8 Å². The second-order valence-electron chi connectivity index (χ2n) is 5.59. The Labute approximate surface area is 150 Å². The smallest absolute Gasteiger partial charge is 0.198 e. The number of allylic oxidation sites excluding steroid dienone is 1. The molecule has 0 unspecified atom stereocenters. The van der Waals surface area contributed by atoms with Gasteiger partial charge in [0.05, 0.1) is 11.3 Å². The lowest BCUT2D eigenvalue weighted by molar-refractivity contribution is 0.105. The minimum absolute atomic E-state index is 0.183. The fourth-order valence-electron chi connectivity index (χ4n) is 2.33. The van der Waals surface area contributed by atoms with Crippen LogP contribution >= 0.6 is 11.6 Å². The van der Waals surface area contributed by atoms with E-state index in [0.29, 0.717) is 22.0 Å². The average Bonchev–Trinajstić information content (AvgIpc) is 3.10. The fraction of sp³-hybridized carbons (Fsp3) is 0.111. The Morgan fingerprint density at radius 3 is 2.40 bits per heavy atom. The van der Waals surface area contributed by atoms with Gasteiger partial charge in [0.1, 0.15) is 0 Å². The minimum Gasteiger partial charge on any atom is -0.383 e. The molecule has 0 bridgehead atoms. The third-order valence-electron chi connectivity index (χ3n) is 3.45. The van der Waals surface area contributed by atoms with Crippen molar-refractivity contribution in [3.05, 3.63) is 77.2 Å². The molecular weight excluding hydrogens is 338 g/mol. The summed E-state index contributed by atoms with van der Waals surface area (Å²) >= 11 is 5.91. The van der Waals surface area contributed by atoms with Crippen LogP contribution in [0.25, 0.3) is 11.3 Å². The van der Waals surface area contributed by atoms with Gasteiger partial charge in [-0.05, 0) is 46.8 Å². The summed E-state index contributed by atoms with van der Waals surface area (Å²) in [6.45, 7) is 0. The van der Waals surface area contributed by atoms with Gasteiger partial charge in [-0.2, -0.15) is 4.68 Å². The van der Waals surface area contributed by atoms with E-state index in [1.165, 1.54) is 0 Å². The van der Waals surface area contributed by atoms with Gasteiger partial charge in [0.25, 0.3) is 0 Å². The van der Waals surface area contributed by atoms with Gasteiger partial charge in [0.15, 0.2) is 11.6 Å². The highest BCUT2D eigenvalue weighted by atomic mass is 35.5. The number of hydrogen-bond acceptors (Lipinski definition) is 5. The third-order valence-corrected chi connectivity index (χ3v) is 3.70. The number of hydrogen-bond donors (Lipinski definition) is 0. The normalized spacial score (nSPS) is 11.4. The molecule has 2 aromatic carbocycles. The monoisotopic (exact) mass is 353 g/mol. The molecule has 0 spiro atoms. The zero-order chi connectivity index (χ0) is 17.8. The average molecular weight is 354 g/mol. The Morgan fingerprint density at radius 2 is 1.76 bits per heavy atom. The van der Waals surface area contributed by atoms with Crippen molar-refractivity contribution in [2.75, 3.05) is 14.1 Å². The van der Waals surface area contributed by atoms with Crippen molar-refractivity contribution in [2.45, 2.75) is 0 Å². The summed E-state index contributed by atoms with van der Waals surface area (Å²) in [5.41, 5.74) is 1.68. The maximum Gasteiger partial charge on any atom is 0.198 e. The van der Waals surface area contributed by atoms with Crippen LogP contribution in [0, 0.1) is 0 Å². The van der Waals surface area contributed by atoms with Crippen molar-refractivity contribution in [1.82, 2.24) is 25.1 Å². The SMILES string of the molecule is CN(C)/C=C(\C(=O)c1ccc(Cl)cc1)c1nnnn1-c1ccccc1. The highest BCUT2D eigenvalue weighted by molar-refractivity contribution is 6.31. The lowest BCUT2D eigenvalue weighted by atomic mass is 10.0. The summed E-state index contributed by atoms with van der Waals surface area (Å²) < 4.78 is 1.54. The molecule has 0 atom stereocenters. The number of tetrazole rings is 1. The summed E-state index contributed by atoms with van der Waals surface area (Å²) in [5, 5.41) is 12.4. The second-order valence-corrected chi connectivity index (χ2v) is 6.03. The van der Waals surface area contributed by atoms with E-state index in [-0.39, 0.29) is 5.78 Å². The maximum atomic E-state index is 13.0. The van der Waals surface area contributed by atoms with E-state index >= 15 is 0 Å². The van der Waals surface area contributed by atoms with Crippen LogP contribution in [0.2, 0.25) is 5.02 Å². The van der Waals surface area contributed by atoms with Crippen molar-refractivity contribution < 1.29 is 4.79 Å². The number of para-hydroxylation sites is 1. The zero-order valence-corrected chi connectivity index (χ0v) is 14.6. The number of carbonyl (C=O) groups excluding carboxylic acids is 1. The van der Waals surface area contributed by atoms with Crippen molar-refractivity contribution in [3.8, 4) is 5.69 Å². The first-order chi connectivity index (χ1) is 12.1. The van der Waals surface area contributed by atoms with E-state index in [1.807, 2.05) is 44.4 Å². The van der Waals surface area contributed by atoms with Gasteiger partial charge >= 0.3 is 0 Å². The van der Waals surface area contributed by atoms with Crippen molar-refractivity contribution in [2.24, 2.45) is 0 Å². The number of ketones is 1. The zero-order valence-electron chi connectivity index (χ0n) is 13.8. The molecule has 0 aliphatic heterocycles. The largest absolute Gasteiger partial charge is 0.383 e. The molecule has 25 heavy (non-hydrogen) atoms. The predicted molar refractivity (Wildman–Crippen MR) is 96.6 cm³/mol. The second kappa shape index (κ2) is 7.27. The molecule has 126 valence electrons. The molecule has 0 aliphatic carbocycles. The molecule has 0 aliphatic rings. The summed E-state index contributed by atoms with van der Waals surface area (Å²) in [7, 11) is 3.68. The van der Waals surface area contributed by atoms with Gasteiger partial charge in [-0.3, -0.25) is 4.79 Å². The molecule has 3 aromatic rings.